The molecule has 1 aromatic rings. The van der Waals surface area contributed by atoms with Crippen LogP contribution in [0.1, 0.15) is 30.6 Å². The number of rotatable bonds is 3. The normalized spacial score (nSPS) is 19.9. The van der Waals surface area contributed by atoms with Crippen molar-refractivity contribution in [3.8, 4) is 0 Å². The van der Waals surface area contributed by atoms with Crippen LogP contribution in [0.15, 0.2) is 28.7 Å². The van der Waals surface area contributed by atoms with Crippen LogP contribution < -0.4 is 0 Å². The summed E-state index contributed by atoms with van der Waals surface area (Å²) in [6.07, 6.45) is 1.14. The van der Waals surface area contributed by atoms with Gasteiger partial charge in [0.15, 0.2) is 5.78 Å². The SMILES string of the molecule is CC1(C)CCN(CC(=O)c2cccc(Br)c2)CCS1. The Morgan fingerprint density at radius 2 is 2.21 bits per heavy atom. The van der Waals surface area contributed by atoms with Crippen molar-refractivity contribution in [2.45, 2.75) is 25.0 Å². The van der Waals surface area contributed by atoms with Gasteiger partial charge in [-0.15, -0.1) is 0 Å². The third-order valence-corrected chi connectivity index (χ3v) is 5.31. The third-order valence-electron chi connectivity index (χ3n) is 3.44. The summed E-state index contributed by atoms with van der Waals surface area (Å²) in [5.74, 6) is 1.32. The zero-order chi connectivity index (χ0) is 13.9. The maximum Gasteiger partial charge on any atom is 0.176 e. The second kappa shape index (κ2) is 6.42. The molecule has 1 aromatic carbocycles. The number of thioether (sulfide) groups is 1. The van der Waals surface area contributed by atoms with Crippen LogP contribution in [0.25, 0.3) is 0 Å². The molecule has 2 nitrogen and oxygen atoms in total. The van der Waals surface area contributed by atoms with E-state index in [-0.39, 0.29) is 5.78 Å². The van der Waals surface area contributed by atoms with Gasteiger partial charge in [-0.25, -0.2) is 0 Å². The quantitative estimate of drug-likeness (QED) is 0.779. The van der Waals surface area contributed by atoms with E-state index in [0.717, 1.165) is 35.3 Å². The molecular weight excluding hydrogens is 322 g/mol. The molecule has 0 radical (unpaired) electrons. The maximum atomic E-state index is 12.3. The van der Waals surface area contributed by atoms with Crippen LogP contribution in [0.5, 0.6) is 0 Å². The molecule has 0 bridgehead atoms. The molecule has 0 spiro atoms. The number of nitrogens with zero attached hydrogens (tertiary/aromatic N) is 1. The van der Waals surface area contributed by atoms with Gasteiger partial charge in [-0.1, -0.05) is 41.9 Å². The first-order chi connectivity index (χ1) is 8.96. The van der Waals surface area contributed by atoms with Gasteiger partial charge in [0, 0.05) is 27.1 Å². The smallest absolute Gasteiger partial charge is 0.176 e. The number of halogens is 1. The van der Waals surface area contributed by atoms with E-state index in [1.807, 2.05) is 36.0 Å². The van der Waals surface area contributed by atoms with Crippen LogP contribution in [-0.2, 0) is 0 Å². The van der Waals surface area contributed by atoms with Crippen LogP contribution in [0, 0.1) is 0 Å². The number of carbonyl (C=O) groups is 1. The summed E-state index contributed by atoms with van der Waals surface area (Å²) in [4.78, 5) is 14.6. The van der Waals surface area contributed by atoms with Gasteiger partial charge < -0.3 is 0 Å². The lowest BCUT2D eigenvalue weighted by molar-refractivity contribution is 0.0934. The summed E-state index contributed by atoms with van der Waals surface area (Å²) in [6.45, 7) is 7.13. The van der Waals surface area contributed by atoms with E-state index in [1.165, 1.54) is 0 Å². The van der Waals surface area contributed by atoms with E-state index in [9.17, 15) is 4.79 Å². The molecule has 19 heavy (non-hydrogen) atoms. The summed E-state index contributed by atoms with van der Waals surface area (Å²) in [5, 5.41) is 0. The average molecular weight is 342 g/mol. The molecular formula is C15H20BrNOS. The van der Waals surface area contributed by atoms with Crippen molar-refractivity contribution in [1.82, 2.24) is 4.90 Å². The first-order valence-electron chi connectivity index (χ1n) is 6.61. The molecule has 1 aliphatic rings. The van der Waals surface area contributed by atoms with E-state index in [0.29, 0.717) is 11.3 Å². The van der Waals surface area contributed by atoms with Gasteiger partial charge in [0.25, 0.3) is 0 Å². The number of benzene rings is 1. The molecule has 0 aliphatic carbocycles. The van der Waals surface area contributed by atoms with E-state index in [4.69, 9.17) is 0 Å². The molecule has 0 aromatic heterocycles. The average Bonchev–Trinajstić information content (AvgIpc) is 2.51. The minimum Gasteiger partial charge on any atom is -0.295 e. The van der Waals surface area contributed by atoms with Crippen molar-refractivity contribution in [3.63, 3.8) is 0 Å². The summed E-state index contributed by atoms with van der Waals surface area (Å²) >= 11 is 5.42. The Balaban J connectivity index is 1.96. The molecule has 1 saturated heterocycles. The summed E-state index contributed by atoms with van der Waals surface area (Å²) in [5.41, 5.74) is 0.797. The van der Waals surface area contributed by atoms with Crippen molar-refractivity contribution in [1.29, 1.82) is 0 Å². The van der Waals surface area contributed by atoms with Crippen molar-refractivity contribution in [3.05, 3.63) is 34.3 Å². The molecule has 1 heterocycles. The lowest BCUT2D eigenvalue weighted by Crippen LogP contribution is -2.32. The Morgan fingerprint density at radius 1 is 1.42 bits per heavy atom. The maximum absolute atomic E-state index is 12.3. The Hall–Kier alpha value is -0.320. The van der Waals surface area contributed by atoms with E-state index >= 15 is 0 Å². The summed E-state index contributed by atoms with van der Waals surface area (Å²) < 4.78 is 1.30. The minimum atomic E-state index is 0.214. The second-order valence-electron chi connectivity index (χ2n) is 5.57. The van der Waals surface area contributed by atoms with Gasteiger partial charge in [0.05, 0.1) is 6.54 Å². The Bertz CT molecular complexity index is 461. The van der Waals surface area contributed by atoms with Crippen molar-refractivity contribution < 1.29 is 4.79 Å². The fourth-order valence-electron chi connectivity index (χ4n) is 2.18. The highest BCUT2D eigenvalue weighted by molar-refractivity contribution is 9.10. The monoisotopic (exact) mass is 341 g/mol. The largest absolute Gasteiger partial charge is 0.295 e. The Morgan fingerprint density at radius 3 is 2.95 bits per heavy atom. The lowest BCUT2D eigenvalue weighted by Gasteiger charge is -2.22. The van der Waals surface area contributed by atoms with Crippen LogP contribution in [-0.4, -0.2) is 40.8 Å². The highest BCUT2D eigenvalue weighted by Gasteiger charge is 2.24. The van der Waals surface area contributed by atoms with Crippen LogP contribution in [0.2, 0.25) is 0 Å². The van der Waals surface area contributed by atoms with Crippen molar-refractivity contribution in [2.75, 3.05) is 25.4 Å². The van der Waals surface area contributed by atoms with Gasteiger partial charge in [0.2, 0.25) is 0 Å². The Labute approximate surface area is 128 Å². The first-order valence-corrected chi connectivity index (χ1v) is 8.39. The number of Topliss-reactive ketones (excluding diaryl/α,β-unsaturated/α-hetero) is 1. The van der Waals surface area contributed by atoms with Crippen molar-refractivity contribution in [2.24, 2.45) is 0 Å². The zero-order valence-electron chi connectivity index (χ0n) is 11.5. The fraction of sp³-hybridized carbons (Fsp3) is 0.533. The summed E-state index contributed by atoms with van der Waals surface area (Å²) in [6, 6.07) is 7.66. The van der Waals surface area contributed by atoms with Crippen molar-refractivity contribution >= 4 is 33.5 Å². The van der Waals surface area contributed by atoms with E-state index < -0.39 is 0 Å². The lowest BCUT2D eigenvalue weighted by atomic mass is 10.1. The molecule has 0 amide bonds. The van der Waals surface area contributed by atoms with Crippen LogP contribution in [0.4, 0.5) is 0 Å². The second-order valence-corrected chi connectivity index (χ2v) is 8.29. The first kappa shape index (κ1) is 15.1. The predicted octanol–water partition coefficient (Wildman–Crippen LogP) is 3.85. The van der Waals surface area contributed by atoms with Gasteiger partial charge in [-0.05, 0) is 25.1 Å². The Kier molecular flexibility index (Phi) is 5.09. The number of carbonyl (C=O) groups excluding carboxylic acids is 1. The van der Waals surface area contributed by atoms with Crippen LogP contribution >= 0.6 is 27.7 Å². The number of ketones is 1. The number of hydrogen-bond donors (Lipinski definition) is 0. The highest BCUT2D eigenvalue weighted by Crippen LogP contribution is 2.30. The van der Waals surface area contributed by atoms with Gasteiger partial charge in [-0.3, -0.25) is 9.69 Å². The molecule has 2 rings (SSSR count). The summed E-state index contributed by atoms with van der Waals surface area (Å²) in [7, 11) is 0. The van der Waals surface area contributed by atoms with E-state index in [1.54, 1.807) is 0 Å². The van der Waals surface area contributed by atoms with E-state index in [2.05, 4.69) is 34.7 Å². The zero-order valence-corrected chi connectivity index (χ0v) is 13.9. The molecule has 4 heteroatoms. The number of hydrogen-bond acceptors (Lipinski definition) is 3. The molecule has 0 N–H and O–H groups in total. The molecule has 0 saturated carbocycles. The molecule has 0 unspecified atom stereocenters. The molecule has 104 valence electrons. The fourth-order valence-corrected chi connectivity index (χ4v) is 3.71. The minimum absolute atomic E-state index is 0.214. The predicted molar refractivity (Wildman–Crippen MR) is 86.1 cm³/mol. The molecule has 1 fully saturated rings. The highest BCUT2D eigenvalue weighted by atomic mass is 79.9. The van der Waals surface area contributed by atoms with Gasteiger partial charge >= 0.3 is 0 Å². The molecule has 1 aliphatic heterocycles. The van der Waals surface area contributed by atoms with Crippen LogP contribution in [0.3, 0.4) is 0 Å². The third kappa shape index (κ3) is 4.62. The molecule has 0 atom stereocenters. The topological polar surface area (TPSA) is 20.3 Å². The van der Waals surface area contributed by atoms with Gasteiger partial charge in [-0.2, -0.15) is 11.8 Å². The van der Waals surface area contributed by atoms with Gasteiger partial charge in [0.1, 0.15) is 0 Å². The standard InChI is InChI=1S/C15H20BrNOS/c1-15(2)6-7-17(8-9-19-15)11-14(18)12-4-3-5-13(16)10-12/h3-5,10H,6-9,11H2,1-2H3.